The molecule has 0 radical (unpaired) electrons. The molecule has 1 aromatic heterocycles. The second-order valence-electron chi connectivity index (χ2n) is 5.63. The summed E-state index contributed by atoms with van der Waals surface area (Å²) in [7, 11) is 2.06. The first kappa shape index (κ1) is 15.7. The third kappa shape index (κ3) is 3.61. The maximum atomic E-state index is 12.8. The molecule has 1 aliphatic rings. The summed E-state index contributed by atoms with van der Waals surface area (Å²) < 4.78 is 38.5. The molecular weight excluding hydrogens is 305 g/mol. The maximum absolute atomic E-state index is 12.8. The number of piperazine rings is 1. The molecule has 23 heavy (non-hydrogen) atoms. The second-order valence-corrected chi connectivity index (χ2v) is 5.63. The van der Waals surface area contributed by atoms with E-state index < -0.39 is 11.7 Å². The van der Waals surface area contributed by atoms with Gasteiger partial charge in [0.05, 0.1) is 11.3 Å². The van der Waals surface area contributed by atoms with Gasteiger partial charge in [-0.1, -0.05) is 12.1 Å². The highest BCUT2D eigenvalue weighted by Crippen LogP contribution is 2.32. The number of halogens is 3. The molecule has 1 aromatic carbocycles. The van der Waals surface area contributed by atoms with E-state index in [1.807, 2.05) is 0 Å². The topological polar surface area (TPSA) is 32.3 Å². The summed E-state index contributed by atoms with van der Waals surface area (Å²) in [4.78, 5) is 12.7. The van der Waals surface area contributed by atoms with Gasteiger partial charge in [-0.15, -0.1) is 0 Å². The summed E-state index contributed by atoms with van der Waals surface area (Å²) in [5, 5.41) is 0. The van der Waals surface area contributed by atoms with Crippen molar-refractivity contribution in [3.05, 3.63) is 42.2 Å². The number of aromatic nitrogens is 2. The van der Waals surface area contributed by atoms with E-state index in [0.717, 1.165) is 44.1 Å². The standard InChI is InChI=1S/C16H17F3N4/c1-22-5-7-23(8-6-22)15-10-14(20-11-21-15)12-3-2-4-13(9-12)16(17,18)19/h2-4,9-11H,5-8H2,1H3. The van der Waals surface area contributed by atoms with Gasteiger partial charge in [0.25, 0.3) is 0 Å². The monoisotopic (exact) mass is 322 g/mol. The smallest absolute Gasteiger partial charge is 0.354 e. The Balaban J connectivity index is 1.88. The highest BCUT2D eigenvalue weighted by Gasteiger charge is 2.30. The molecule has 0 atom stereocenters. The van der Waals surface area contributed by atoms with Gasteiger partial charge in [0, 0.05) is 37.8 Å². The van der Waals surface area contributed by atoms with Crippen molar-refractivity contribution in [1.82, 2.24) is 14.9 Å². The third-order valence-corrected chi connectivity index (χ3v) is 3.97. The molecule has 7 heteroatoms. The van der Waals surface area contributed by atoms with Crippen LogP contribution in [-0.4, -0.2) is 48.1 Å². The summed E-state index contributed by atoms with van der Waals surface area (Å²) >= 11 is 0. The van der Waals surface area contributed by atoms with Crippen LogP contribution < -0.4 is 4.90 Å². The van der Waals surface area contributed by atoms with Gasteiger partial charge in [-0.05, 0) is 19.2 Å². The molecule has 2 aromatic rings. The fourth-order valence-corrected chi connectivity index (χ4v) is 2.57. The Morgan fingerprint density at radius 2 is 1.74 bits per heavy atom. The zero-order valence-electron chi connectivity index (χ0n) is 12.7. The summed E-state index contributed by atoms with van der Waals surface area (Å²) in [6.45, 7) is 3.55. The number of rotatable bonds is 2. The third-order valence-electron chi connectivity index (χ3n) is 3.97. The van der Waals surface area contributed by atoms with Crippen molar-refractivity contribution < 1.29 is 13.2 Å². The molecule has 1 saturated heterocycles. The van der Waals surface area contributed by atoms with Crippen LogP contribution in [0.4, 0.5) is 19.0 Å². The molecule has 3 rings (SSSR count). The van der Waals surface area contributed by atoms with Crippen molar-refractivity contribution >= 4 is 5.82 Å². The predicted octanol–water partition coefficient (Wildman–Crippen LogP) is 2.91. The van der Waals surface area contributed by atoms with Crippen LogP contribution >= 0.6 is 0 Å². The van der Waals surface area contributed by atoms with Crippen molar-refractivity contribution in [2.45, 2.75) is 6.18 Å². The quantitative estimate of drug-likeness (QED) is 0.851. The van der Waals surface area contributed by atoms with Crippen LogP contribution in [0.3, 0.4) is 0 Å². The first-order chi connectivity index (χ1) is 10.9. The van der Waals surface area contributed by atoms with Crippen molar-refractivity contribution in [2.24, 2.45) is 0 Å². The minimum absolute atomic E-state index is 0.442. The van der Waals surface area contributed by atoms with Gasteiger partial charge in [0.1, 0.15) is 12.1 Å². The Kier molecular flexibility index (Phi) is 4.21. The van der Waals surface area contributed by atoms with Crippen LogP contribution in [0.5, 0.6) is 0 Å². The molecule has 2 heterocycles. The van der Waals surface area contributed by atoms with E-state index >= 15 is 0 Å². The number of hydrogen-bond donors (Lipinski definition) is 0. The van der Waals surface area contributed by atoms with Crippen molar-refractivity contribution in [3.8, 4) is 11.3 Å². The van der Waals surface area contributed by atoms with Crippen LogP contribution in [0.2, 0.25) is 0 Å². The number of hydrogen-bond acceptors (Lipinski definition) is 4. The maximum Gasteiger partial charge on any atom is 0.416 e. The Bertz CT molecular complexity index is 679. The van der Waals surface area contributed by atoms with E-state index in [4.69, 9.17) is 0 Å². The predicted molar refractivity (Wildman–Crippen MR) is 82.2 cm³/mol. The van der Waals surface area contributed by atoms with E-state index in [1.54, 1.807) is 12.1 Å². The molecule has 0 amide bonds. The highest BCUT2D eigenvalue weighted by molar-refractivity contribution is 5.63. The lowest BCUT2D eigenvalue weighted by molar-refractivity contribution is -0.137. The van der Waals surface area contributed by atoms with Gasteiger partial charge in [-0.2, -0.15) is 13.2 Å². The van der Waals surface area contributed by atoms with Gasteiger partial charge in [-0.25, -0.2) is 9.97 Å². The second kappa shape index (κ2) is 6.16. The summed E-state index contributed by atoms with van der Waals surface area (Å²) in [6, 6.07) is 6.96. The van der Waals surface area contributed by atoms with Crippen molar-refractivity contribution in [2.75, 3.05) is 38.1 Å². The Hall–Kier alpha value is -2.15. The zero-order chi connectivity index (χ0) is 16.4. The molecule has 1 aliphatic heterocycles. The normalized spacial score (nSPS) is 16.6. The summed E-state index contributed by atoms with van der Waals surface area (Å²) in [5.74, 6) is 0.750. The Morgan fingerprint density at radius 3 is 2.43 bits per heavy atom. The number of likely N-dealkylation sites (N-methyl/N-ethyl adjacent to an activating group) is 1. The molecule has 0 unspecified atom stereocenters. The molecule has 0 spiro atoms. The molecule has 0 N–H and O–H groups in total. The summed E-state index contributed by atoms with van der Waals surface area (Å²) in [5.41, 5.74) is 0.271. The lowest BCUT2D eigenvalue weighted by Gasteiger charge is -2.33. The zero-order valence-corrected chi connectivity index (χ0v) is 12.7. The minimum atomic E-state index is -4.36. The molecule has 0 bridgehead atoms. The lowest BCUT2D eigenvalue weighted by Crippen LogP contribution is -2.44. The van der Waals surface area contributed by atoms with E-state index in [9.17, 15) is 13.2 Å². The van der Waals surface area contributed by atoms with Gasteiger partial charge in [-0.3, -0.25) is 0 Å². The Morgan fingerprint density at radius 1 is 1.00 bits per heavy atom. The fourth-order valence-electron chi connectivity index (χ4n) is 2.57. The van der Waals surface area contributed by atoms with Crippen LogP contribution in [0.1, 0.15) is 5.56 Å². The highest BCUT2D eigenvalue weighted by atomic mass is 19.4. The van der Waals surface area contributed by atoms with E-state index in [-0.39, 0.29) is 0 Å². The minimum Gasteiger partial charge on any atom is -0.354 e. The number of anilines is 1. The van der Waals surface area contributed by atoms with Crippen LogP contribution in [-0.2, 0) is 6.18 Å². The first-order valence-corrected chi connectivity index (χ1v) is 7.37. The first-order valence-electron chi connectivity index (χ1n) is 7.37. The number of alkyl halides is 3. The molecule has 122 valence electrons. The molecule has 4 nitrogen and oxygen atoms in total. The van der Waals surface area contributed by atoms with E-state index in [0.29, 0.717) is 11.3 Å². The lowest BCUT2D eigenvalue weighted by atomic mass is 10.1. The number of nitrogens with zero attached hydrogens (tertiary/aromatic N) is 4. The van der Waals surface area contributed by atoms with Crippen molar-refractivity contribution in [3.63, 3.8) is 0 Å². The van der Waals surface area contributed by atoms with Gasteiger partial charge < -0.3 is 9.80 Å². The van der Waals surface area contributed by atoms with Crippen LogP contribution in [0.15, 0.2) is 36.7 Å². The van der Waals surface area contributed by atoms with Gasteiger partial charge in [0.2, 0.25) is 0 Å². The van der Waals surface area contributed by atoms with E-state index in [2.05, 4.69) is 26.8 Å². The largest absolute Gasteiger partial charge is 0.416 e. The molecule has 0 aliphatic carbocycles. The van der Waals surface area contributed by atoms with Crippen LogP contribution in [0.25, 0.3) is 11.3 Å². The fraction of sp³-hybridized carbons (Fsp3) is 0.375. The average molecular weight is 322 g/mol. The van der Waals surface area contributed by atoms with Gasteiger partial charge >= 0.3 is 6.18 Å². The average Bonchev–Trinajstić information content (AvgIpc) is 2.55. The molecule has 1 fully saturated rings. The van der Waals surface area contributed by atoms with Gasteiger partial charge in [0.15, 0.2) is 0 Å². The van der Waals surface area contributed by atoms with E-state index in [1.165, 1.54) is 12.4 Å². The molecular formula is C16H17F3N4. The van der Waals surface area contributed by atoms with Crippen molar-refractivity contribution in [1.29, 1.82) is 0 Å². The molecule has 0 saturated carbocycles. The number of benzene rings is 1. The Labute approximate surface area is 132 Å². The van der Waals surface area contributed by atoms with Crippen LogP contribution in [0, 0.1) is 0 Å². The SMILES string of the molecule is CN1CCN(c2cc(-c3cccc(C(F)(F)F)c3)ncn2)CC1. The summed E-state index contributed by atoms with van der Waals surface area (Å²) in [6.07, 6.45) is -2.95.